The van der Waals surface area contributed by atoms with Gasteiger partial charge in [0, 0.05) is 19.2 Å². The van der Waals surface area contributed by atoms with Crippen LogP contribution in [0.2, 0.25) is 0 Å². The quantitative estimate of drug-likeness (QED) is 0.761. The van der Waals surface area contributed by atoms with Gasteiger partial charge in [-0.3, -0.25) is 0 Å². The summed E-state index contributed by atoms with van der Waals surface area (Å²) in [6.45, 7) is 12.0. The van der Waals surface area contributed by atoms with E-state index in [-0.39, 0.29) is 29.5 Å². The summed E-state index contributed by atoms with van der Waals surface area (Å²) in [5.41, 5.74) is -0.535. The standard InChI is InChI=1S/C17H34N2O4S/c1-16(2,3)23-15(21)19-11-7-10-14(19)13(9-8-12-20)18-24(22)17(4,5)6/h13-14,18,20H,7-12H2,1-6H3/t13-,14-,24?/m0/s1. The fourth-order valence-corrected chi connectivity index (χ4v) is 3.62. The fourth-order valence-electron chi connectivity index (χ4n) is 2.71. The molecule has 7 heteroatoms. The van der Waals surface area contributed by atoms with Gasteiger partial charge in [-0.15, -0.1) is 0 Å². The highest BCUT2D eigenvalue weighted by molar-refractivity contribution is 7.84. The van der Waals surface area contributed by atoms with E-state index >= 15 is 0 Å². The van der Waals surface area contributed by atoms with Crippen molar-refractivity contribution in [3.63, 3.8) is 0 Å². The summed E-state index contributed by atoms with van der Waals surface area (Å²) in [5.74, 6) is 0. The number of nitrogens with one attached hydrogen (secondary N) is 1. The van der Waals surface area contributed by atoms with E-state index in [1.165, 1.54) is 0 Å². The molecule has 6 nitrogen and oxygen atoms in total. The number of nitrogens with zero attached hydrogens (tertiary/aromatic N) is 1. The van der Waals surface area contributed by atoms with Crippen molar-refractivity contribution in [1.82, 2.24) is 9.62 Å². The second-order valence-electron chi connectivity index (χ2n) is 8.35. The molecule has 0 radical (unpaired) electrons. The van der Waals surface area contributed by atoms with E-state index in [2.05, 4.69) is 4.72 Å². The third kappa shape index (κ3) is 6.69. The maximum atomic E-state index is 12.5. The number of likely N-dealkylation sites (tertiary alicyclic amines) is 1. The molecule has 1 aliphatic heterocycles. The Bertz CT molecular complexity index is 443. The van der Waals surface area contributed by atoms with E-state index < -0.39 is 16.6 Å². The Morgan fingerprint density at radius 3 is 2.46 bits per heavy atom. The summed E-state index contributed by atoms with van der Waals surface area (Å²) in [6, 6.07) is -0.176. The zero-order chi connectivity index (χ0) is 18.5. The maximum absolute atomic E-state index is 12.5. The molecule has 1 heterocycles. The fraction of sp³-hybridized carbons (Fsp3) is 0.941. The lowest BCUT2D eigenvalue weighted by Gasteiger charge is -2.34. The lowest BCUT2D eigenvalue weighted by molar-refractivity contribution is 0.0198. The second-order valence-corrected chi connectivity index (χ2v) is 10.4. The highest BCUT2D eigenvalue weighted by atomic mass is 32.2. The molecule has 0 saturated carbocycles. The summed E-state index contributed by atoms with van der Waals surface area (Å²) in [5, 5.41) is 9.17. The van der Waals surface area contributed by atoms with Crippen molar-refractivity contribution in [3.8, 4) is 0 Å². The van der Waals surface area contributed by atoms with Crippen molar-refractivity contribution >= 4 is 17.1 Å². The Morgan fingerprint density at radius 2 is 1.96 bits per heavy atom. The molecule has 3 atom stereocenters. The van der Waals surface area contributed by atoms with Crippen molar-refractivity contribution in [2.75, 3.05) is 13.2 Å². The van der Waals surface area contributed by atoms with Crippen LogP contribution in [0.4, 0.5) is 4.79 Å². The molecule has 0 aromatic carbocycles. The monoisotopic (exact) mass is 362 g/mol. The van der Waals surface area contributed by atoms with E-state index in [1.807, 2.05) is 41.5 Å². The first-order chi connectivity index (χ1) is 11.0. The van der Waals surface area contributed by atoms with Gasteiger partial charge in [0.15, 0.2) is 0 Å². The van der Waals surface area contributed by atoms with E-state index in [9.17, 15) is 14.1 Å². The first-order valence-corrected chi connectivity index (χ1v) is 9.89. The molecule has 1 rings (SSSR count). The molecule has 0 aromatic rings. The SMILES string of the molecule is CC(C)(C)OC(=O)N1CCC[C@H]1[C@H](CCCO)NS(=O)C(C)(C)C. The van der Waals surface area contributed by atoms with Gasteiger partial charge in [-0.05, 0) is 67.2 Å². The molecule has 1 saturated heterocycles. The molecule has 142 valence electrons. The van der Waals surface area contributed by atoms with Gasteiger partial charge in [-0.25, -0.2) is 13.7 Å². The predicted molar refractivity (Wildman–Crippen MR) is 97.1 cm³/mol. The third-order valence-corrected chi connectivity index (χ3v) is 5.51. The summed E-state index contributed by atoms with van der Waals surface area (Å²) in [4.78, 5) is 14.2. The van der Waals surface area contributed by atoms with Crippen LogP contribution in [0.3, 0.4) is 0 Å². The van der Waals surface area contributed by atoms with Gasteiger partial charge >= 0.3 is 6.09 Å². The average Bonchev–Trinajstić information content (AvgIpc) is 2.89. The van der Waals surface area contributed by atoms with Crippen LogP contribution >= 0.6 is 0 Å². The van der Waals surface area contributed by atoms with Crippen LogP contribution in [-0.2, 0) is 15.7 Å². The Morgan fingerprint density at radius 1 is 1.33 bits per heavy atom. The van der Waals surface area contributed by atoms with Gasteiger partial charge in [-0.1, -0.05) is 0 Å². The molecule has 1 aliphatic rings. The van der Waals surface area contributed by atoms with Crippen LogP contribution in [-0.4, -0.2) is 55.9 Å². The summed E-state index contributed by atoms with van der Waals surface area (Å²) in [6.07, 6.45) is 2.72. The van der Waals surface area contributed by atoms with Gasteiger partial charge in [0.05, 0.1) is 21.8 Å². The van der Waals surface area contributed by atoms with Crippen LogP contribution in [0.15, 0.2) is 0 Å². The average molecular weight is 363 g/mol. The molecule has 0 aliphatic carbocycles. The maximum Gasteiger partial charge on any atom is 0.410 e. The summed E-state index contributed by atoms with van der Waals surface area (Å²) in [7, 11) is -1.22. The first-order valence-electron chi connectivity index (χ1n) is 8.74. The molecule has 0 bridgehead atoms. The number of aliphatic hydroxyl groups excluding tert-OH is 1. The van der Waals surface area contributed by atoms with Crippen molar-refractivity contribution in [3.05, 3.63) is 0 Å². The number of hydrogen-bond acceptors (Lipinski definition) is 4. The lowest BCUT2D eigenvalue weighted by Crippen LogP contribution is -2.52. The van der Waals surface area contributed by atoms with E-state index in [4.69, 9.17) is 4.74 Å². The van der Waals surface area contributed by atoms with Crippen molar-refractivity contribution < 1.29 is 18.8 Å². The minimum absolute atomic E-state index is 0.0577. The highest BCUT2D eigenvalue weighted by Gasteiger charge is 2.38. The molecule has 2 N–H and O–H groups in total. The number of amides is 1. The Hall–Kier alpha value is -0.660. The van der Waals surface area contributed by atoms with Crippen molar-refractivity contribution in [2.24, 2.45) is 0 Å². The summed E-state index contributed by atoms with van der Waals surface area (Å²) >= 11 is 0. The Balaban J connectivity index is 2.86. The van der Waals surface area contributed by atoms with Crippen molar-refractivity contribution in [1.29, 1.82) is 0 Å². The number of rotatable bonds is 6. The molecule has 0 spiro atoms. The molecule has 0 aromatic heterocycles. The van der Waals surface area contributed by atoms with Crippen molar-refractivity contribution in [2.45, 2.75) is 89.7 Å². The minimum Gasteiger partial charge on any atom is -0.444 e. The number of carbonyl (C=O) groups is 1. The van der Waals surface area contributed by atoms with Crippen LogP contribution in [0.5, 0.6) is 0 Å². The van der Waals surface area contributed by atoms with Gasteiger partial charge in [-0.2, -0.15) is 0 Å². The minimum atomic E-state index is -1.22. The van der Waals surface area contributed by atoms with Gasteiger partial charge in [0.25, 0.3) is 0 Å². The normalized spacial score (nSPS) is 21.6. The lowest BCUT2D eigenvalue weighted by atomic mass is 10.0. The number of aliphatic hydroxyl groups is 1. The first kappa shape index (κ1) is 21.4. The highest BCUT2D eigenvalue weighted by Crippen LogP contribution is 2.26. The van der Waals surface area contributed by atoms with Gasteiger partial charge < -0.3 is 14.7 Å². The zero-order valence-electron chi connectivity index (χ0n) is 15.9. The molecular weight excluding hydrogens is 328 g/mol. The number of ether oxygens (including phenoxy) is 1. The number of carbonyl (C=O) groups excluding carboxylic acids is 1. The Labute approximate surface area is 148 Å². The molecular formula is C17H34N2O4S. The molecule has 24 heavy (non-hydrogen) atoms. The van der Waals surface area contributed by atoms with E-state index in [0.29, 0.717) is 19.4 Å². The third-order valence-electron chi connectivity index (χ3n) is 3.88. The zero-order valence-corrected chi connectivity index (χ0v) is 16.7. The van der Waals surface area contributed by atoms with Crippen LogP contribution in [0.25, 0.3) is 0 Å². The van der Waals surface area contributed by atoms with E-state index in [1.54, 1.807) is 4.90 Å². The number of hydrogen-bond donors (Lipinski definition) is 2. The van der Waals surface area contributed by atoms with Crippen LogP contribution in [0, 0.1) is 0 Å². The predicted octanol–water partition coefficient (Wildman–Crippen LogP) is 2.58. The molecule has 1 fully saturated rings. The van der Waals surface area contributed by atoms with Crippen LogP contribution < -0.4 is 4.72 Å². The molecule has 1 amide bonds. The van der Waals surface area contributed by atoms with Gasteiger partial charge in [0.2, 0.25) is 0 Å². The Kier molecular flexibility index (Phi) is 7.69. The second kappa shape index (κ2) is 8.63. The molecule has 1 unspecified atom stereocenters. The summed E-state index contributed by atoms with van der Waals surface area (Å²) < 4.78 is 20.8. The topological polar surface area (TPSA) is 78.9 Å². The van der Waals surface area contributed by atoms with Gasteiger partial charge in [0.1, 0.15) is 5.60 Å². The van der Waals surface area contributed by atoms with Crippen LogP contribution in [0.1, 0.15) is 67.2 Å². The van der Waals surface area contributed by atoms with E-state index in [0.717, 1.165) is 12.8 Å². The smallest absolute Gasteiger partial charge is 0.410 e. The largest absolute Gasteiger partial charge is 0.444 e.